The van der Waals surface area contributed by atoms with E-state index in [9.17, 15) is 9.59 Å². The summed E-state index contributed by atoms with van der Waals surface area (Å²) >= 11 is 0. The van der Waals surface area contributed by atoms with Crippen LogP contribution in [-0.2, 0) is 6.42 Å². The summed E-state index contributed by atoms with van der Waals surface area (Å²) in [6.45, 7) is 4.09. The molecule has 1 aromatic heterocycles. The zero-order valence-electron chi connectivity index (χ0n) is 14.7. The molecule has 1 aliphatic rings. The van der Waals surface area contributed by atoms with Gasteiger partial charge in [-0.25, -0.2) is 9.97 Å². The summed E-state index contributed by atoms with van der Waals surface area (Å²) < 4.78 is 0. The van der Waals surface area contributed by atoms with Crippen LogP contribution in [0.25, 0.3) is 10.8 Å². The van der Waals surface area contributed by atoms with Crippen molar-refractivity contribution in [3.05, 3.63) is 65.5 Å². The van der Waals surface area contributed by atoms with Crippen molar-refractivity contribution in [3.63, 3.8) is 0 Å². The third-order valence-corrected chi connectivity index (χ3v) is 4.71. The lowest BCUT2D eigenvalue weighted by Gasteiger charge is -2.29. The zero-order chi connectivity index (χ0) is 18.3. The topological polar surface area (TPSA) is 72.0 Å². The van der Waals surface area contributed by atoms with Crippen molar-refractivity contribution in [1.82, 2.24) is 9.97 Å². The van der Waals surface area contributed by atoms with Crippen molar-refractivity contribution in [2.75, 3.05) is 5.32 Å². The van der Waals surface area contributed by atoms with Gasteiger partial charge in [0.15, 0.2) is 5.78 Å². The van der Waals surface area contributed by atoms with Crippen LogP contribution < -0.4 is 5.32 Å². The van der Waals surface area contributed by atoms with Crippen LogP contribution in [0.3, 0.4) is 0 Å². The second-order valence-electron chi connectivity index (χ2n) is 7.48. The van der Waals surface area contributed by atoms with E-state index in [1.165, 1.54) is 6.20 Å². The van der Waals surface area contributed by atoms with Crippen molar-refractivity contribution < 1.29 is 9.59 Å². The molecular formula is C21H19N3O2. The molecule has 4 rings (SSSR count). The Balaban J connectivity index is 1.65. The molecule has 1 heterocycles. The van der Waals surface area contributed by atoms with Gasteiger partial charge in [-0.15, -0.1) is 0 Å². The summed E-state index contributed by atoms with van der Waals surface area (Å²) in [7, 11) is 0. The van der Waals surface area contributed by atoms with E-state index in [4.69, 9.17) is 0 Å². The number of carbonyl (C=O) groups excluding carboxylic acids is 2. The molecule has 2 aromatic carbocycles. The lowest BCUT2D eigenvalue weighted by molar-refractivity contribution is 0.0909. The molecular weight excluding hydrogens is 326 g/mol. The lowest BCUT2D eigenvalue weighted by Crippen LogP contribution is -2.28. The molecule has 0 aliphatic heterocycles. The molecule has 0 unspecified atom stereocenters. The molecule has 0 saturated carbocycles. The van der Waals surface area contributed by atoms with Crippen LogP contribution in [0.1, 0.15) is 46.7 Å². The highest BCUT2D eigenvalue weighted by atomic mass is 16.1. The van der Waals surface area contributed by atoms with Gasteiger partial charge in [0, 0.05) is 18.2 Å². The maximum atomic E-state index is 12.7. The first-order valence-electron chi connectivity index (χ1n) is 8.61. The average Bonchev–Trinajstić information content (AvgIpc) is 2.59. The Morgan fingerprint density at radius 2 is 1.85 bits per heavy atom. The number of benzene rings is 2. The quantitative estimate of drug-likeness (QED) is 0.761. The van der Waals surface area contributed by atoms with Crippen molar-refractivity contribution in [2.45, 2.75) is 26.7 Å². The standard InChI is InChI=1S/C21H19N3O2/c1-21(2)10-17-16(18(25)11-21)12-22-20(23-17)24-19(26)15-9-5-7-13-6-3-4-8-14(13)15/h3-9,12H,10-11H2,1-2H3,(H,22,23,24,26). The van der Waals surface area contributed by atoms with Crippen LogP contribution in [-0.4, -0.2) is 21.7 Å². The summed E-state index contributed by atoms with van der Waals surface area (Å²) in [5, 5.41) is 4.65. The first-order valence-corrected chi connectivity index (χ1v) is 8.61. The first kappa shape index (κ1) is 16.4. The Kier molecular flexibility index (Phi) is 3.80. The van der Waals surface area contributed by atoms with Gasteiger partial charge in [-0.1, -0.05) is 50.2 Å². The number of amides is 1. The van der Waals surface area contributed by atoms with Gasteiger partial charge >= 0.3 is 0 Å². The number of Topliss-reactive ketones (excluding diaryl/α,β-unsaturated/α-hetero) is 1. The largest absolute Gasteiger partial charge is 0.294 e. The van der Waals surface area contributed by atoms with E-state index < -0.39 is 0 Å². The molecule has 1 amide bonds. The minimum absolute atomic E-state index is 0.0585. The fourth-order valence-electron chi connectivity index (χ4n) is 3.48. The number of hydrogen-bond donors (Lipinski definition) is 1. The Hall–Kier alpha value is -3.08. The monoisotopic (exact) mass is 345 g/mol. The normalized spacial score (nSPS) is 15.5. The number of hydrogen-bond acceptors (Lipinski definition) is 4. The second kappa shape index (κ2) is 6.02. The van der Waals surface area contributed by atoms with Crippen molar-refractivity contribution in [3.8, 4) is 0 Å². The summed E-state index contributed by atoms with van der Waals surface area (Å²) in [5.41, 5.74) is 1.71. The van der Waals surface area contributed by atoms with Gasteiger partial charge in [-0.3, -0.25) is 14.9 Å². The number of carbonyl (C=O) groups is 2. The van der Waals surface area contributed by atoms with E-state index in [1.807, 2.05) is 50.2 Å². The van der Waals surface area contributed by atoms with Gasteiger partial charge in [-0.05, 0) is 28.7 Å². The van der Waals surface area contributed by atoms with Gasteiger partial charge in [0.2, 0.25) is 5.95 Å². The van der Waals surface area contributed by atoms with Crippen LogP contribution in [0.15, 0.2) is 48.7 Å². The number of rotatable bonds is 2. The van der Waals surface area contributed by atoms with Gasteiger partial charge in [0.25, 0.3) is 5.91 Å². The van der Waals surface area contributed by atoms with E-state index in [1.54, 1.807) is 6.07 Å². The van der Waals surface area contributed by atoms with Crippen molar-refractivity contribution >= 4 is 28.4 Å². The molecule has 1 aliphatic carbocycles. The highest BCUT2D eigenvalue weighted by Crippen LogP contribution is 2.33. The number of fused-ring (bicyclic) bond motifs is 2. The van der Waals surface area contributed by atoms with Gasteiger partial charge in [0.05, 0.1) is 11.3 Å². The summed E-state index contributed by atoms with van der Waals surface area (Å²) in [5.74, 6) is 0.0264. The number of nitrogens with zero attached hydrogens (tertiary/aromatic N) is 2. The lowest BCUT2D eigenvalue weighted by atomic mass is 9.76. The Labute approximate surface area is 151 Å². The van der Waals surface area contributed by atoms with Crippen molar-refractivity contribution in [1.29, 1.82) is 0 Å². The molecule has 0 spiro atoms. The van der Waals surface area contributed by atoms with E-state index >= 15 is 0 Å². The molecule has 1 N–H and O–H groups in total. The predicted molar refractivity (Wildman–Crippen MR) is 100 cm³/mol. The zero-order valence-corrected chi connectivity index (χ0v) is 14.7. The molecule has 130 valence electrons. The Bertz CT molecular complexity index is 1040. The minimum Gasteiger partial charge on any atom is -0.294 e. The fourth-order valence-corrected chi connectivity index (χ4v) is 3.48. The second-order valence-corrected chi connectivity index (χ2v) is 7.48. The molecule has 0 fully saturated rings. The van der Waals surface area contributed by atoms with E-state index in [2.05, 4.69) is 15.3 Å². The number of aromatic nitrogens is 2. The number of nitrogens with one attached hydrogen (secondary N) is 1. The third kappa shape index (κ3) is 2.96. The number of ketones is 1. The number of anilines is 1. The van der Waals surface area contributed by atoms with Crippen LogP contribution in [0.2, 0.25) is 0 Å². The maximum Gasteiger partial charge on any atom is 0.258 e. The fraction of sp³-hybridized carbons (Fsp3) is 0.238. The van der Waals surface area contributed by atoms with Gasteiger partial charge in [0.1, 0.15) is 0 Å². The molecule has 0 bridgehead atoms. The third-order valence-electron chi connectivity index (χ3n) is 4.71. The van der Waals surface area contributed by atoms with Crippen LogP contribution in [0, 0.1) is 5.41 Å². The van der Waals surface area contributed by atoms with E-state index in [0.717, 1.165) is 10.8 Å². The van der Waals surface area contributed by atoms with E-state index in [0.29, 0.717) is 29.7 Å². The SMILES string of the molecule is CC1(C)CC(=O)c2cnc(NC(=O)c3cccc4ccccc34)nc2C1. The van der Waals surface area contributed by atoms with Gasteiger partial charge < -0.3 is 0 Å². The highest BCUT2D eigenvalue weighted by Gasteiger charge is 2.32. The molecule has 3 aromatic rings. The van der Waals surface area contributed by atoms with E-state index in [-0.39, 0.29) is 23.1 Å². The Morgan fingerprint density at radius 1 is 1.08 bits per heavy atom. The maximum absolute atomic E-state index is 12.7. The highest BCUT2D eigenvalue weighted by molar-refractivity contribution is 6.12. The smallest absolute Gasteiger partial charge is 0.258 e. The predicted octanol–water partition coefficient (Wildman–Crippen LogP) is 4.04. The molecule has 0 radical (unpaired) electrons. The van der Waals surface area contributed by atoms with Crippen molar-refractivity contribution in [2.24, 2.45) is 5.41 Å². The first-order chi connectivity index (χ1) is 12.4. The van der Waals surface area contributed by atoms with Crippen LogP contribution in [0.5, 0.6) is 0 Å². The molecule has 5 heteroatoms. The average molecular weight is 345 g/mol. The molecule has 0 saturated heterocycles. The molecule has 0 atom stereocenters. The Morgan fingerprint density at radius 3 is 2.69 bits per heavy atom. The van der Waals surface area contributed by atoms with Crippen LogP contribution >= 0.6 is 0 Å². The summed E-state index contributed by atoms with van der Waals surface area (Å²) in [4.78, 5) is 33.6. The minimum atomic E-state index is -0.261. The van der Waals surface area contributed by atoms with Crippen LogP contribution in [0.4, 0.5) is 5.95 Å². The molecule has 26 heavy (non-hydrogen) atoms. The molecule has 5 nitrogen and oxygen atoms in total. The summed E-state index contributed by atoms with van der Waals surface area (Å²) in [6, 6.07) is 13.3. The van der Waals surface area contributed by atoms with Gasteiger partial charge in [-0.2, -0.15) is 0 Å². The summed E-state index contributed by atoms with van der Waals surface area (Å²) in [6.07, 6.45) is 2.71.